The molecule has 1 aromatic rings. The lowest BCUT2D eigenvalue weighted by Crippen LogP contribution is -2.01. The van der Waals surface area contributed by atoms with E-state index in [1.54, 1.807) is 6.07 Å². The topological polar surface area (TPSA) is 35.2 Å². The molecule has 0 atom stereocenters. The third kappa shape index (κ3) is 2.07. The molecule has 1 fully saturated rings. The Bertz CT molecular complexity index is 310. The van der Waals surface area contributed by atoms with Crippen molar-refractivity contribution in [1.82, 2.24) is 0 Å². The summed E-state index contributed by atoms with van der Waals surface area (Å²) in [4.78, 5) is 0. The van der Waals surface area contributed by atoms with E-state index in [1.165, 1.54) is 12.8 Å². The van der Waals surface area contributed by atoms with Crippen molar-refractivity contribution in [3.8, 4) is 5.75 Å². The van der Waals surface area contributed by atoms with Gasteiger partial charge in [-0.25, -0.2) is 0 Å². The zero-order valence-corrected chi connectivity index (χ0v) is 8.05. The van der Waals surface area contributed by atoms with Crippen LogP contribution in [0.1, 0.15) is 12.8 Å². The lowest BCUT2D eigenvalue weighted by Gasteiger charge is -2.08. The van der Waals surface area contributed by atoms with Gasteiger partial charge in [-0.15, -0.1) is 0 Å². The van der Waals surface area contributed by atoms with Gasteiger partial charge in [-0.2, -0.15) is 0 Å². The standard InChI is InChI=1S/C10H12ClNO/c11-8-2-1-3-9(10(8)12)13-6-7-4-5-7/h1-3,7H,4-6,12H2. The van der Waals surface area contributed by atoms with Crippen LogP contribution in [0.4, 0.5) is 5.69 Å². The molecule has 0 heterocycles. The van der Waals surface area contributed by atoms with Crippen LogP contribution in [0.25, 0.3) is 0 Å². The Hall–Kier alpha value is -0.890. The average Bonchev–Trinajstić information content (AvgIpc) is 2.91. The number of hydrogen-bond acceptors (Lipinski definition) is 2. The minimum atomic E-state index is 0.546. The molecule has 0 saturated heterocycles. The second kappa shape index (κ2) is 3.46. The van der Waals surface area contributed by atoms with Crippen molar-refractivity contribution in [3.05, 3.63) is 23.2 Å². The molecule has 0 aliphatic heterocycles. The van der Waals surface area contributed by atoms with Crippen molar-refractivity contribution in [2.45, 2.75) is 12.8 Å². The summed E-state index contributed by atoms with van der Waals surface area (Å²) in [5.41, 5.74) is 6.28. The monoisotopic (exact) mass is 197 g/mol. The van der Waals surface area contributed by atoms with Gasteiger partial charge < -0.3 is 10.5 Å². The van der Waals surface area contributed by atoms with Crippen LogP contribution in [0.5, 0.6) is 5.75 Å². The second-order valence-corrected chi connectivity index (χ2v) is 3.81. The van der Waals surface area contributed by atoms with Crippen LogP contribution in [0.3, 0.4) is 0 Å². The van der Waals surface area contributed by atoms with E-state index in [0.717, 1.165) is 12.5 Å². The molecular formula is C10H12ClNO. The fraction of sp³-hybridized carbons (Fsp3) is 0.400. The number of benzene rings is 1. The van der Waals surface area contributed by atoms with E-state index in [1.807, 2.05) is 12.1 Å². The SMILES string of the molecule is Nc1c(Cl)cccc1OCC1CC1. The molecule has 0 spiro atoms. The van der Waals surface area contributed by atoms with E-state index in [0.29, 0.717) is 16.5 Å². The zero-order chi connectivity index (χ0) is 9.26. The molecule has 2 rings (SSSR count). The first-order valence-electron chi connectivity index (χ1n) is 4.44. The molecule has 0 amide bonds. The third-order valence-electron chi connectivity index (χ3n) is 2.18. The van der Waals surface area contributed by atoms with Gasteiger partial charge in [0.2, 0.25) is 0 Å². The minimum Gasteiger partial charge on any atom is -0.491 e. The average molecular weight is 198 g/mol. The number of para-hydroxylation sites is 1. The van der Waals surface area contributed by atoms with E-state index in [9.17, 15) is 0 Å². The van der Waals surface area contributed by atoms with Gasteiger partial charge in [-0.05, 0) is 30.9 Å². The number of rotatable bonds is 3. The first-order valence-corrected chi connectivity index (χ1v) is 4.82. The fourth-order valence-corrected chi connectivity index (χ4v) is 1.30. The smallest absolute Gasteiger partial charge is 0.143 e. The highest BCUT2D eigenvalue weighted by atomic mass is 35.5. The molecule has 0 unspecified atom stereocenters. The van der Waals surface area contributed by atoms with Crippen LogP contribution in [0.15, 0.2) is 18.2 Å². The quantitative estimate of drug-likeness (QED) is 0.757. The van der Waals surface area contributed by atoms with E-state index < -0.39 is 0 Å². The van der Waals surface area contributed by atoms with Crippen molar-refractivity contribution >= 4 is 17.3 Å². The van der Waals surface area contributed by atoms with Crippen molar-refractivity contribution in [3.63, 3.8) is 0 Å². The molecule has 0 radical (unpaired) electrons. The Kier molecular flexibility index (Phi) is 2.32. The summed E-state index contributed by atoms with van der Waals surface area (Å²) < 4.78 is 5.53. The van der Waals surface area contributed by atoms with Crippen molar-refractivity contribution in [2.24, 2.45) is 5.92 Å². The normalized spacial score (nSPS) is 15.8. The largest absolute Gasteiger partial charge is 0.491 e. The predicted octanol–water partition coefficient (Wildman–Crippen LogP) is 2.71. The molecule has 70 valence electrons. The van der Waals surface area contributed by atoms with Crippen LogP contribution in [-0.4, -0.2) is 6.61 Å². The molecule has 1 aliphatic carbocycles. The molecule has 2 nitrogen and oxygen atoms in total. The van der Waals surface area contributed by atoms with Gasteiger partial charge in [0.25, 0.3) is 0 Å². The van der Waals surface area contributed by atoms with Gasteiger partial charge >= 0.3 is 0 Å². The summed E-state index contributed by atoms with van der Waals surface area (Å²) in [5.74, 6) is 1.44. The summed E-state index contributed by atoms with van der Waals surface area (Å²) in [7, 11) is 0. The summed E-state index contributed by atoms with van der Waals surface area (Å²) in [6.07, 6.45) is 2.56. The summed E-state index contributed by atoms with van der Waals surface area (Å²) in [6, 6.07) is 5.46. The lowest BCUT2D eigenvalue weighted by atomic mass is 10.3. The minimum absolute atomic E-state index is 0.546. The Balaban J connectivity index is 2.05. The highest BCUT2D eigenvalue weighted by Crippen LogP contribution is 2.33. The van der Waals surface area contributed by atoms with Crippen LogP contribution in [0, 0.1) is 5.92 Å². The molecule has 3 heteroatoms. The van der Waals surface area contributed by atoms with Gasteiger partial charge in [0, 0.05) is 0 Å². The summed E-state index contributed by atoms with van der Waals surface area (Å²) in [6.45, 7) is 0.768. The van der Waals surface area contributed by atoms with Crippen molar-refractivity contribution in [2.75, 3.05) is 12.3 Å². The Labute approximate surface area is 82.6 Å². The molecule has 0 aromatic heterocycles. The number of nitrogens with two attached hydrogens (primary N) is 1. The van der Waals surface area contributed by atoms with Gasteiger partial charge in [0.1, 0.15) is 5.75 Å². The number of halogens is 1. The first-order chi connectivity index (χ1) is 6.27. The van der Waals surface area contributed by atoms with E-state index in [2.05, 4.69) is 0 Å². The maximum Gasteiger partial charge on any atom is 0.143 e. The van der Waals surface area contributed by atoms with Gasteiger partial charge in [-0.1, -0.05) is 17.7 Å². The summed E-state index contributed by atoms with van der Waals surface area (Å²) >= 11 is 5.84. The first kappa shape index (κ1) is 8.70. The Morgan fingerprint density at radius 3 is 2.92 bits per heavy atom. The van der Waals surface area contributed by atoms with E-state index in [4.69, 9.17) is 22.1 Å². The predicted molar refractivity (Wildman–Crippen MR) is 54.1 cm³/mol. The molecule has 2 N–H and O–H groups in total. The number of anilines is 1. The molecule has 1 aromatic carbocycles. The summed E-state index contributed by atoms with van der Waals surface area (Å²) in [5, 5.41) is 0.563. The molecule has 1 aliphatic rings. The molecule has 1 saturated carbocycles. The maximum absolute atomic E-state index is 5.84. The number of nitrogen functional groups attached to an aromatic ring is 1. The van der Waals surface area contributed by atoms with Crippen LogP contribution in [0.2, 0.25) is 5.02 Å². The molecule has 0 bridgehead atoms. The van der Waals surface area contributed by atoms with Crippen molar-refractivity contribution in [1.29, 1.82) is 0 Å². The van der Waals surface area contributed by atoms with Gasteiger partial charge in [0.05, 0.1) is 17.3 Å². The number of hydrogen-bond donors (Lipinski definition) is 1. The van der Waals surface area contributed by atoms with Crippen LogP contribution >= 0.6 is 11.6 Å². The molecule has 13 heavy (non-hydrogen) atoms. The lowest BCUT2D eigenvalue weighted by molar-refractivity contribution is 0.301. The highest BCUT2D eigenvalue weighted by Gasteiger charge is 2.22. The maximum atomic E-state index is 5.84. The second-order valence-electron chi connectivity index (χ2n) is 3.41. The highest BCUT2D eigenvalue weighted by molar-refractivity contribution is 6.33. The van der Waals surface area contributed by atoms with Crippen molar-refractivity contribution < 1.29 is 4.74 Å². The third-order valence-corrected chi connectivity index (χ3v) is 2.51. The van der Waals surface area contributed by atoms with Gasteiger partial charge in [-0.3, -0.25) is 0 Å². The van der Waals surface area contributed by atoms with Crippen LogP contribution in [-0.2, 0) is 0 Å². The Morgan fingerprint density at radius 2 is 2.23 bits per heavy atom. The Morgan fingerprint density at radius 1 is 1.46 bits per heavy atom. The number of ether oxygens (including phenoxy) is 1. The van der Waals surface area contributed by atoms with Gasteiger partial charge in [0.15, 0.2) is 0 Å². The van der Waals surface area contributed by atoms with E-state index in [-0.39, 0.29) is 0 Å². The van der Waals surface area contributed by atoms with E-state index >= 15 is 0 Å². The molecular weight excluding hydrogens is 186 g/mol. The fourth-order valence-electron chi connectivity index (χ4n) is 1.14. The zero-order valence-electron chi connectivity index (χ0n) is 7.29. The van der Waals surface area contributed by atoms with Crippen LogP contribution < -0.4 is 10.5 Å².